The number of ether oxygens (including phenoxy) is 1. The van der Waals surface area contributed by atoms with E-state index < -0.39 is 0 Å². The molecule has 0 fully saturated rings. The van der Waals surface area contributed by atoms with E-state index in [1.54, 1.807) is 11.3 Å². The first-order valence-electron chi connectivity index (χ1n) is 5.18. The van der Waals surface area contributed by atoms with Crippen LogP contribution in [0.4, 0.5) is 0 Å². The predicted octanol–water partition coefficient (Wildman–Crippen LogP) is 2.82. The van der Waals surface area contributed by atoms with E-state index in [1.807, 2.05) is 6.07 Å². The smallest absolute Gasteiger partial charge is 0.0813 e. The van der Waals surface area contributed by atoms with Crippen molar-refractivity contribution in [2.75, 3.05) is 13.2 Å². The number of thiophene rings is 1. The Morgan fingerprint density at radius 1 is 1.60 bits per heavy atom. The van der Waals surface area contributed by atoms with E-state index in [-0.39, 0.29) is 0 Å². The number of rotatable bonds is 7. The minimum absolute atomic E-state index is 0.499. The van der Waals surface area contributed by atoms with Gasteiger partial charge in [0.2, 0.25) is 0 Å². The molecule has 1 aromatic rings. The summed E-state index contributed by atoms with van der Waals surface area (Å²) < 4.78 is 5.54. The van der Waals surface area contributed by atoms with Crippen molar-refractivity contribution in [2.45, 2.75) is 26.5 Å². The van der Waals surface area contributed by atoms with Gasteiger partial charge in [-0.2, -0.15) is 0 Å². The molecule has 0 aliphatic rings. The van der Waals surface area contributed by atoms with Gasteiger partial charge in [0.15, 0.2) is 0 Å². The summed E-state index contributed by atoms with van der Waals surface area (Å²) >= 11 is 1.72. The van der Waals surface area contributed by atoms with Gasteiger partial charge in [0.25, 0.3) is 0 Å². The van der Waals surface area contributed by atoms with Crippen LogP contribution in [0.1, 0.15) is 18.7 Å². The Hall–Kier alpha value is -0.640. The van der Waals surface area contributed by atoms with Gasteiger partial charge in [0, 0.05) is 17.5 Å². The lowest BCUT2D eigenvalue weighted by molar-refractivity contribution is 0.143. The fraction of sp³-hybridized carbons (Fsp3) is 0.500. The third-order valence-electron chi connectivity index (χ3n) is 1.89. The molecule has 84 valence electrons. The summed E-state index contributed by atoms with van der Waals surface area (Å²) in [6.45, 7) is 10.4. The zero-order valence-electron chi connectivity index (χ0n) is 9.45. The van der Waals surface area contributed by atoms with Crippen LogP contribution < -0.4 is 5.32 Å². The molecule has 0 saturated heterocycles. The van der Waals surface area contributed by atoms with Crippen molar-refractivity contribution >= 4 is 11.3 Å². The number of hydrogen-bond acceptors (Lipinski definition) is 3. The molecule has 0 unspecified atom stereocenters. The van der Waals surface area contributed by atoms with Crippen molar-refractivity contribution in [3.8, 4) is 0 Å². The molecular weight excluding hydrogens is 206 g/mol. The zero-order chi connectivity index (χ0) is 11.1. The maximum absolute atomic E-state index is 5.54. The number of hydrogen-bond donors (Lipinski definition) is 1. The van der Waals surface area contributed by atoms with Gasteiger partial charge in [0.1, 0.15) is 0 Å². The maximum atomic E-state index is 5.54. The molecule has 0 saturated carbocycles. The SMILES string of the molecule is C=C(CNC(C)C)COCc1cccs1. The quantitative estimate of drug-likeness (QED) is 0.720. The van der Waals surface area contributed by atoms with E-state index in [1.165, 1.54) is 4.88 Å². The largest absolute Gasteiger partial charge is 0.372 e. The van der Waals surface area contributed by atoms with Crippen molar-refractivity contribution in [3.05, 3.63) is 34.5 Å². The van der Waals surface area contributed by atoms with Gasteiger partial charge in [-0.3, -0.25) is 0 Å². The number of nitrogens with one attached hydrogen (secondary N) is 1. The molecule has 1 heterocycles. The molecule has 0 aliphatic heterocycles. The highest BCUT2D eigenvalue weighted by molar-refractivity contribution is 7.09. The summed E-state index contributed by atoms with van der Waals surface area (Å²) in [5.41, 5.74) is 1.10. The van der Waals surface area contributed by atoms with E-state index in [0.29, 0.717) is 19.3 Å². The Kier molecular flexibility index (Phi) is 5.61. The molecule has 0 aliphatic carbocycles. The van der Waals surface area contributed by atoms with Gasteiger partial charge in [-0.25, -0.2) is 0 Å². The summed E-state index contributed by atoms with van der Waals surface area (Å²) in [7, 11) is 0. The van der Waals surface area contributed by atoms with Crippen molar-refractivity contribution in [2.24, 2.45) is 0 Å². The molecule has 2 nitrogen and oxygen atoms in total. The van der Waals surface area contributed by atoms with Gasteiger partial charge < -0.3 is 10.1 Å². The maximum Gasteiger partial charge on any atom is 0.0813 e. The van der Waals surface area contributed by atoms with Crippen molar-refractivity contribution in [1.82, 2.24) is 5.32 Å². The van der Waals surface area contributed by atoms with Crippen LogP contribution >= 0.6 is 11.3 Å². The zero-order valence-corrected chi connectivity index (χ0v) is 10.3. The molecular formula is C12H19NOS. The molecule has 0 amide bonds. The topological polar surface area (TPSA) is 21.3 Å². The average molecular weight is 225 g/mol. The van der Waals surface area contributed by atoms with E-state index in [9.17, 15) is 0 Å². The first-order valence-corrected chi connectivity index (χ1v) is 6.06. The van der Waals surface area contributed by atoms with Gasteiger partial charge in [0.05, 0.1) is 13.2 Å². The van der Waals surface area contributed by atoms with E-state index in [2.05, 4.69) is 37.2 Å². The Morgan fingerprint density at radius 2 is 2.40 bits per heavy atom. The highest BCUT2D eigenvalue weighted by atomic mass is 32.1. The first-order chi connectivity index (χ1) is 7.18. The van der Waals surface area contributed by atoms with Crippen molar-refractivity contribution < 1.29 is 4.74 Å². The van der Waals surface area contributed by atoms with E-state index in [0.717, 1.165) is 12.1 Å². The van der Waals surface area contributed by atoms with E-state index >= 15 is 0 Å². The summed E-state index contributed by atoms with van der Waals surface area (Å²) in [4.78, 5) is 1.26. The second-order valence-electron chi connectivity index (χ2n) is 3.86. The van der Waals surface area contributed by atoms with Crippen LogP contribution in [0.3, 0.4) is 0 Å². The Bertz CT molecular complexity index is 280. The van der Waals surface area contributed by atoms with Crippen LogP contribution in [0.5, 0.6) is 0 Å². The summed E-state index contributed by atoms with van der Waals surface area (Å²) in [6.07, 6.45) is 0. The Morgan fingerprint density at radius 3 is 3.00 bits per heavy atom. The molecule has 1 aromatic heterocycles. The highest BCUT2D eigenvalue weighted by Gasteiger charge is 1.98. The third kappa shape index (κ3) is 5.72. The molecule has 0 bridgehead atoms. The highest BCUT2D eigenvalue weighted by Crippen LogP contribution is 2.09. The van der Waals surface area contributed by atoms with Gasteiger partial charge in [-0.15, -0.1) is 11.3 Å². The van der Waals surface area contributed by atoms with Crippen LogP contribution in [-0.4, -0.2) is 19.2 Å². The fourth-order valence-electron chi connectivity index (χ4n) is 1.09. The summed E-state index contributed by atoms with van der Waals surface area (Å²) in [5, 5.41) is 5.38. The molecule has 1 rings (SSSR count). The molecule has 15 heavy (non-hydrogen) atoms. The normalized spacial score (nSPS) is 10.9. The van der Waals surface area contributed by atoms with E-state index in [4.69, 9.17) is 4.74 Å². The fourth-order valence-corrected chi connectivity index (χ4v) is 1.73. The minimum Gasteiger partial charge on any atom is -0.372 e. The predicted molar refractivity (Wildman–Crippen MR) is 66.3 cm³/mol. The second kappa shape index (κ2) is 6.77. The lowest BCUT2D eigenvalue weighted by Gasteiger charge is -2.10. The summed E-state index contributed by atoms with van der Waals surface area (Å²) in [5.74, 6) is 0. The Labute approximate surface area is 96.0 Å². The van der Waals surface area contributed by atoms with Crippen LogP contribution in [0, 0.1) is 0 Å². The third-order valence-corrected chi connectivity index (χ3v) is 2.74. The van der Waals surface area contributed by atoms with Gasteiger partial charge in [-0.1, -0.05) is 26.5 Å². The first kappa shape index (κ1) is 12.4. The van der Waals surface area contributed by atoms with Gasteiger partial charge >= 0.3 is 0 Å². The lowest BCUT2D eigenvalue weighted by Crippen LogP contribution is -2.25. The average Bonchev–Trinajstić information content (AvgIpc) is 2.67. The summed E-state index contributed by atoms with van der Waals surface area (Å²) in [6, 6.07) is 4.62. The Balaban J connectivity index is 2.07. The van der Waals surface area contributed by atoms with Crippen molar-refractivity contribution in [3.63, 3.8) is 0 Å². The standard InChI is InChI=1S/C12H19NOS/c1-10(2)13-7-11(3)8-14-9-12-5-4-6-15-12/h4-6,10,13H,3,7-9H2,1-2H3. The minimum atomic E-state index is 0.499. The van der Waals surface area contributed by atoms with Crippen LogP contribution in [-0.2, 0) is 11.3 Å². The molecule has 0 spiro atoms. The van der Waals surface area contributed by atoms with Crippen LogP contribution in [0.25, 0.3) is 0 Å². The molecule has 1 N–H and O–H groups in total. The van der Waals surface area contributed by atoms with Crippen LogP contribution in [0.2, 0.25) is 0 Å². The molecule has 0 radical (unpaired) electrons. The lowest BCUT2D eigenvalue weighted by atomic mass is 10.3. The van der Waals surface area contributed by atoms with Crippen LogP contribution in [0.15, 0.2) is 29.7 Å². The second-order valence-corrected chi connectivity index (χ2v) is 4.89. The molecule has 0 atom stereocenters. The molecule has 0 aromatic carbocycles. The van der Waals surface area contributed by atoms with Gasteiger partial charge in [-0.05, 0) is 17.0 Å². The molecule has 3 heteroatoms. The monoisotopic (exact) mass is 225 g/mol. The van der Waals surface area contributed by atoms with Crippen molar-refractivity contribution in [1.29, 1.82) is 0 Å².